The van der Waals surface area contributed by atoms with Crippen LogP contribution in [0.1, 0.15) is 31.7 Å². The summed E-state index contributed by atoms with van der Waals surface area (Å²) in [6.07, 6.45) is 2.85. The van der Waals surface area contributed by atoms with Crippen molar-refractivity contribution < 1.29 is 14.6 Å². The highest BCUT2D eigenvalue weighted by molar-refractivity contribution is 5.70. The maximum Gasteiger partial charge on any atom is 0.307 e. The van der Waals surface area contributed by atoms with Crippen molar-refractivity contribution >= 4 is 5.97 Å². The van der Waals surface area contributed by atoms with Gasteiger partial charge in [-0.1, -0.05) is 19.1 Å². The standard InChI is InChI=1S/C16H23NO3/c1-3-14-7-6-13(16(18)19)11-17(14)10-12-4-8-15(20-2)9-5-12/h4-5,8-9,13-14H,3,6-7,10-11H2,1-2H3,(H,18,19). The van der Waals surface area contributed by atoms with Gasteiger partial charge in [0.1, 0.15) is 5.75 Å². The van der Waals surface area contributed by atoms with Crippen molar-refractivity contribution in [1.82, 2.24) is 4.90 Å². The zero-order valence-electron chi connectivity index (χ0n) is 12.2. The van der Waals surface area contributed by atoms with E-state index in [1.807, 2.05) is 12.1 Å². The molecular formula is C16H23NO3. The van der Waals surface area contributed by atoms with Crippen LogP contribution in [0.15, 0.2) is 24.3 Å². The second-order valence-electron chi connectivity index (χ2n) is 5.45. The molecule has 0 radical (unpaired) electrons. The summed E-state index contributed by atoms with van der Waals surface area (Å²) in [6, 6.07) is 8.50. The van der Waals surface area contributed by atoms with Gasteiger partial charge >= 0.3 is 5.97 Å². The van der Waals surface area contributed by atoms with Crippen molar-refractivity contribution in [2.24, 2.45) is 5.92 Å². The minimum absolute atomic E-state index is 0.226. The van der Waals surface area contributed by atoms with E-state index in [0.717, 1.165) is 31.6 Å². The molecule has 0 aliphatic carbocycles. The third-order valence-corrected chi connectivity index (χ3v) is 4.18. The first kappa shape index (κ1) is 14.9. The summed E-state index contributed by atoms with van der Waals surface area (Å²) in [4.78, 5) is 13.5. The fourth-order valence-electron chi connectivity index (χ4n) is 2.92. The number of ether oxygens (including phenoxy) is 1. The Morgan fingerprint density at radius 2 is 2.05 bits per heavy atom. The lowest BCUT2D eigenvalue weighted by atomic mass is 9.91. The number of carboxylic acids is 1. The average molecular weight is 277 g/mol. The number of methoxy groups -OCH3 is 1. The fraction of sp³-hybridized carbons (Fsp3) is 0.562. The molecule has 2 rings (SSSR count). The second-order valence-corrected chi connectivity index (χ2v) is 5.45. The van der Waals surface area contributed by atoms with Crippen LogP contribution in [0.2, 0.25) is 0 Å². The van der Waals surface area contributed by atoms with Crippen LogP contribution in [0.5, 0.6) is 5.75 Å². The molecule has 4 nitrogen and oxygen atoms in total. The molecule has 1 aliphatic rings. The van der Waals surface area contributed by atoms with Gasteiger partial charge in [0.2, 0.25) is 0 Å². The lowest BCUT2D eigenvalue weighted by molar-refractivity contribution is -0.144. The van der Waals surface area contributed by atoms with E-state index < -0.39 is 5.97 Å². The van der Waals surface area contributed by atoms with Crippen molar-refractivity contribution in [3.05, 3.63) is 29.8 Å². The first-order valence-corrected chi connectivity index (χ1v) is 7.23. The van der Waals surface area contributed by atoms with E-state index in [1.165, 1.54) is 5.56 Å². The molecule has 0 bridgehead atoms. The van der Waals surface area contributed by atoms with Crippen molar-refractivity contribution in [2.45, 2.75) is 38.8 Å². The Morgan fingerprint density at radius 1 is 1.35 bits per heavy atom. The minimum Gasteiger partial charge on any atom is -0.497 e. The molecule has 1 N–H and O–H groups in total. The Labute approximate surface area is 120 Å². The van der Waals surface area contributed by atoms with Gasteiger partial charge in [0.25, 0.3) is 0 Å². The SMILES string of the molecule is CCC1CCC(C(=O)O)CN1Cc1ccc(OC)cc1. The van der Waals surface area contributed by atoms with Crippen LogP contribution in [0.25, 0.3) is 0 Å². The number of hydrogen-bond donors (Lipinski definition) is 1. The molecule has 4 heteroatoms. The van der Waals surface area contributed by atoms with Gasteiger partial charge in [0.05, 0.1) is 13.0 Å². The Bertz CT molecular complexity index is 444. The number of aliphatic carboxylic acids is 1. The number of hydrogen-bond acceptors (Lipinski definition) is 3. The summed E-state index contributed by atoms with van der Waals surface area (Å²) in [5.74, 6) is -0.0434. The summed E-state index contributed by atoms with van der Waals surface area (Å²) >= 11 is 0. The van der Waals surface area contributed by atoms with Crippen LogP contribution in [0.4, 0.5) is 0 Å². The maximum atomic E-state index is 11.2. The quantitative estimate of drug-likeness (QED) is 0.899. The van der Waals surface area contributed by atoms with Crippen LogP contribution in [0.3, 0.4) is 0 Å². The highest BCUT2D eigenvalue weighted by Gasteiger charge is 2.30. The van der Waals surface area contributed by atoms with Crippen LogP contribution in [0, 0.1) is 5.92 Å². The topological polar surface area (TPSA) is 49.8 Å². The van der Waals surface area contributed by atoms with Crippen molar-refractivity contribution in [1.29, 1.82) is 0 Å². The third kappa shape index (κ3) is 3.51. The molecule has 1 fully saturated rings. The normalized spacial score (nSPS) is 23.5. The molecule has 0 amide bonds. The van der Waals surface area contributed by atoms with Gasteiger partial charge in [0.15, 0.2) is 0 Å². The summed E-state index contributed by atoms with van der Waals surface area (Å²) in [7, 11) is 1.66. The molecule has 20 heavy (non-hydrogen) atoms. The van der Waals surface area contributed by atoms with Crippen molar-refractivity contribution in [3.8, 4) is 5.75 Å². The summed E-state index contributed by atoms with van der Waals surface area (Å²) in [5.41, 5.74) is 1.20. The van der Waals surface area contributed by atoms with Gasteiger partial charge in [-0.2, -0.15) is 0 Å². The van der Waals surface area contributed by atoms with Gasteiger partial charge in [0, 0.05) is 19.1 Å². The fourth-order valence-corrected chi connectivity index (χ4v) is 2.92. The lowest BCUT2D eigenvalue weighted by Crippen LogP contribution is -2.44. The molecule has 2 atom stereocenters. The van der Waals surface area contributed by atoms with Crippen LogP contribution >= 0.6 is 0 Å². The minimum atomic E-state index is -0.667. The van der Waals surface area contributed by atoms with E-state index in [-0.39, 0.29) is 5.92 Å². The monoisotopic (exact) mass is 277 g/mol. The molecule has 0 spiro atoms. The number of carboxylic acid groups (broad SMARTS) is 1. The smallest absolute Gasteiger partial charge is 0.307 e. The van der Waals surface area contributed by atoms with E-state index >= 15 is 0 Å². The number of piperidine rings is 1. The molecule has 1 aromatic rings. The predicted molar refractivity (Wildman–Crippen MR) is 77.8 cm³/mol. The number of nitrogens with zero attached hydrogens (tertiary/aromatic N) is 1. The zero-order chi connectivity index (χ0) is 14.5. The van der Waals surface area contributed by atoms with Crippen LogP contribution < -0.4 is 4.74 Å². The van der Waals surface area contributed by atoms with E-state index in [9.17, 15) is 9.90 Å². The largest absolute Gasteiger partial charge is 0.497 e. The predicted octanol–water partition coefficient (Wildman–Crippen LogP) is 2.77. The molecule has 1 heterocycles. The second kappa shape index (κ2) is 6.75. The first-order valence-electron chi connectivity index (χ1n) is 7.23. The number of carbonyl (C=O) groups is 1. The Kier molecular flexibility index (Phi) is 5.01. The molecule has 0 saturated carbocycles. The summed E-state index contributed by atoms with van der Waals surface area (Å²) in [5, 5.41) is 9.21. The van der Waals surface area contributed by atoms with Gasteiger partial charge < -0.3 is 9.84 Å². The molecule has 110 valence electrons. The van der Waals surface area contributed by atoms with Crippen molar-refractivity contribution in [2.75, 3.05) is 13.7 Å². The molecule has 2 unspecified atom stereocenters. The number of benzene rings is 1. The van der Waals surface area contributed by atoms with Gasteiger partial charge in [-0.15, -0.1) is 0 Å². The Hall–Kier alpha value is -1.55. The molecule has 0 aromatic heterocycles. The maximum absolute atomic E-state index is 11.2. The van der Waals surface area contributed by atoms with Crippen molar-refractivity contribution in [3.63, 3.8) is 0 Å². The summed E-state index contributed by atoms with van der Waals surface area (Å²) in [6.45, 7) is 3.64. The summed E-state index contributed by atoms with van der Waals surface area (Å²) < 4.78 is 5.16. The molecular weight excluding hydrogens is 254 g/mol. The molecule has 1 aliphatic heterocycles. The highest BCUT2D eigenvalue weighted by atomic mass is 16.5. The third-order valence-electron chi connectivity index (χ3n) is 4.18. The van der Waals surface area contributed by atoms with Gasteiger partial charge in [-0.05, 0) is 37.0 Å². The molecule has 1 aromatic carbocycles. The van der Waals surface area contributed by atoms with Crippen LogP contribution in [-0.4, -0.2) is 35.7 Å². The highest BCUT2D eigenvalue weighted by Crippen LogP contribution is 2.26. The lowest BCUT2D eigenvalue weighted by Gasteiger charge is -2.38. The average Bonchev–Trinajstić information content (AvgIpc) is 2.48. The van der Waals surface area contributed by atoms with E-state index in [2.05, 4.69) is 24.0 Å². The van der Waals surface area contributed by atoms with E-state index in [0.29, 0.717) is 12.6 Å². The van der Waals surface area contributed by atoms with E-state index in [1.54, 1.807) is 7.11 Å². The van der Waals surface area contributed by atoms with Gasteiger partial charge in [-0.25, -0.2) is 0 Å². The number of likely N-dealkylation sites (tertiary alicyclic amines) is 1. The van der Waals surface area contributed by atoms with Crippen LogP contribution in [-0.2, 0) is 11.3 Å². The Balaban J connectivity index is 2.04. The van der Waals surface area contributed by atoms with Gasteiger partial charge in [-0.3, -0.25) is 9.69 Å². The first-order chi connectivity index (χ1) is 9.63. The molecule has 1 saturated heterocycles. The van der Waals surface area contributed by atoms with E-state index in [4.69, 9.17) is 4.74 Å². The Morgan fingerprint density at radius 3 is 2.60 bits per heavy atom. The number of rotatable bonds is 5. The zero-order valence-corrected chi connectivity index (χ0v) is 12.2.